The molecule has 2 aromatic rings. The molecule has 0 atom stereocenters. The van der Waals surface area contributed by atoms with Gasteiger partial charge in [0.1, 0.15) is 0 Å². The van der Waals surface area contributed by atoms with Crippen LogP contribution in [0.15, 0.2) is 24.3 Å². The third kappa shape index (κ3) is 4.62. The third-order valence-corrected chi connectivity index (χ3v) is 5.60. The highest BCUT2D eigenvalue weighted by Crippen LogP contribution is 2.37. The molecule has 4 rings (SSSR count). The molecular weight excluding hydrogens is 419 g/mol. The summed E-state index contributed by atoms with van der Waals surface area (Å²) in [5.74, 6) is 1.23. The molecule has 0 amide bonds. The summed E-state index contributed by atoms with van der Waals surface area (Å²) in [6.07, 6.45) is 3.50. The largest absolute Gasteiger partial charge is 0.372 e. The summed E-state index contributed by atoms with van der Waals surface area (Å²) in [6, 6.07) is 8.27. The number of alkyl halides is 3. The lowest BCUT2D eigenvalue weighted by atomic mass is 10.2. The Balaban J connectivity index is 1.67. The number of halogens is 3. The zero-order chi connectivity index (χ0) is 19.6. The number of anilines is 2. The summed E-state index contributed by atoms with van der Waals surface area (Å²) >= 11 is 18.3. The average molecular weight is 442 g/mol. The molecule has 0 bridgehead atoms. The van der Waals surface area contributed by atoms with E-state index in [9.17, 15) is 0 Å². The van der Waals surface area contributed by atoms with Crippen molar-refractivity contribution in [3.63, 3.8) is 0 Å². The van der Waals surface area contributed by atoms with Crippen molar-refractivity contribution in [1.82, 2.24) is 20.3 Å². The quantitative estimate of drug-likeness (QED) is 0.732. The number of aromatic nitrogens is 3. The van der Waals surface area contributed by atoms with E-state index in [1.165, 1.54) is 18.5 Å². The van der Waals surface area contributed by atoms with Gasteiger partial charge >= 0.3 is 0 Å². The van der Waals surface area contributed by atoms with Gasteiger partial charge in [0, 0.05) is 44.0 Å². The number of hydrogen-bond donors (Lipinski definition) is 1. The molecule has 0 unspecified atom stereocenters. The predicted octanol–water partition coefficient (Wildman–Crippen LogP) is 3.77. The Hall–Kier alpha value is -1.34. The maximum Gasteiger partial charge on any atom is 0.250 e. The molecule has 1 aromatic heterocycles. The Morgan fingerprint density at radius 1 is 0.786 bits per heavy atom. The fourth-order valence-electron chi connectivity index (χ4n) is 3.60. The summed E-state index contributed by atoms with van der Waals surface area (Å²) in [4.78, 5) is 18.1. The zero-order valence-corrected chi connectivity index (χ0v) is 17.8. The Bertz CT molecular complexity index is 794. The van der Waals surface area contributed by atoms with Crippen LogP contribution in [-0.2, 0) is 3.79 Å². The van der Waals surface area contributed by atoms with Gasteiger partial charge in [-0.05, 0) is 50.1 Å². The summed E-state index contributed by atoms with van der Waals surface area (Å²) in [5.41, 5.74) is 2.10. The van der Waals surface area contributed by atoms with Crippen molar-refractivity contribution in [3.05, 3.63) is 30.1 Å². The number of nitrogens with zero attached hydrogens (tertiary/aromatic N) is 5. The minimum atomic E-state index is -1.70. The Morgan fingerprint density at radius 2 is 1.50 bits per heavy atom. The average Bonchev–Trinajstić information content (AvgIpc) is 3.09. The van der Waals surface area contributed by atoms with Gasteiger partial charge in [0.05, 0.1) is 0 Å². The zero-order valence-electron chi connectivity index (χ0n) is 15.5. The standard InChI is InChI=1S/C19H23Cl3N6/c20-19(21,22)17-24-16(25-18(26-17)28-12-3-8-23-9-13-28)14-4-6-15(7-5-14)27-10-1-2-11-27/h4-7,23H,1-3,8-13H2. The van der Waals surface area contributed by atoms with Crippen molar-refractivity contribution in [1.29, 1.82) is 0 Å². The summed E-state index contributed by atoms with van der Waals surface area (Å²) in [7, 11) is 0. The Labute approximate surface area is 180 Å². The molecule has 1 N–H and O–H groups in total. The SMILES string of the molecule is ClC(Cl)(Cl)c1nc(-c2ccc(N3CCCC3)cc2)nc(N2CCCNCC2)n1. The van der Waals surface area contributed by atoms with E-state index in [0.717, 1.165) is 51.3 Å². The Kier molecular flexibility index (Phi) is 6.11. The molecule has 0 spiro atoms. The lowest BCUT2D eigenvalue weighted by Crippen LogP contribution is -2.30. The topological polar surface area (TPSA) is 57.2 Å². The highest BCUT2D eigenvalue weighted by Gasteiger charge is 2.29. The first-order valence-electron chi connectivity index (χ1n) is 9.65. The van der Waals surface area contributed by atoms with Crippen LogP contribution in [0.25, 0.3) is 11.4 Å². The molecular formula is C19H23Cl3N6. The molecule has 2 saturated heterocycles. The summed E-state index contributed by atoms with van der Waals surface area (Å²) in [5, 5.41) is 3.38. The van der Waals surface area contributed by atoms with Crippen LogP contribution in [-0.4, -0.2) is 54.2 Å². The third-order valence-electron chi connectivity index (χ3n) is 5.10. The van der Waals surface area contributed by atoms with Gasteiger partial charge in [-0.1, -0.05) is 34.8 Å². The normalized spacial score (nSPS) is 18.4. The lowest BCUT2D eigenvalue weighted by molar-refractivity contribution is 0.724. The van der Waals surface area contributed by atoms with Gasteiger partial charge in [-0.3, -0.25) is 0 Å². The molecule has 2 aliphatic rings. The highest BCUT2D eigenvalue weighted by molar-refractivity contribution is 6.66. The van der Waals surface area contributed by atoms with Gasteiger partial charge in [0.2, 0.25) is 9.74 Å². The van der Waals surface area contributed by atoms with Gasteiger partial charge in [-0.15, -0.1) is 0 Å². The van der Waals surface area contributed by atoms with E-state index in [-0.39, 0.29) is 5.82 Å². The summed E-state index contributed by atoms with van der Waals surface area (Å²) in [6.45, 7) is 5.71. The molecule has 0 aliphatic carbocycles. The lowest BCUT2D eigenvalue weighted by Gasteiger charge is -2.22. The van der Waals surface area contributed by atoms with E-state index < -0.39 is 3.79 Å². The Morgan fingerprint density at radius 3 is 2.21 bits per heavy atom. The van der Waals surface area contributed by atoms with Crippen LogP contribution in [0.1, 0.15) is 25.1 Å². The second kappa shape index (κ2) is 8.57. The molecule has 150 valence electrons. The van der Waals surface area contributed by atoms with Crippen molar-refractivity contribution < 1.29 is 0 Å². The van der Waals surface area contributed by atoms with Crippen LogP contribution >= 0.6 is 34.8 Å². The van der Waals surface area contributed by atoms with Crippen LogP contribution in [0.4, 0.5) is 11.6 Å². The van der Waals surface area contributed by atoms with E-state index in [4.69, 9.17) is 39.8 Å². The van der Waals surface area contributed by atoms with Gasteiger partial charge in [-0.25, -0.2) is 4.98 Å². The van der Waals surface area contributed by atoms with Crippen LogP contribution in [0.3, 0.4) is 0 Å². The monoisotopic (exact) mass is 440 g/mol. The number of hydrogen-bond acceptors (Lipinski definition) is 6. The fourth-order valence-corrected chi connectivity index (χ4v) is 3.86. The molecule has 2 aliphatic heterocycles. The van der Waals surface area contributed by atoms with E-state index >= 15 is 0 Å². The molecule has 9 heteroatoms. The second-order valence-corrected chi connectivity index (χ2v) is 9.39. The van der Waals surface area contributed by atoms with Crippen molar-refractivity contribution in [2.45, 2.75) is 23.1 Å². The van der Waals surface area contributed by atoms with E-state index in [1.54, 1.807) is 0 Å². The van der Waals surface area contributed by atoms with Crippen molar-refractivity contribution in [3.8, 4) is 11.4 Å². The van der Waals surface area contributed by atoms with Crippen LogP contribution in [0.5, 0.6) is 0 Å². The highest BCUT2D eigenvalue weighted by atomic mass is 35.6. The van der Waals surface area contributed by atoms with Crippen molar-refractivity contribution >= 4 is 46.4 Å². The smallest absolute Gasteiger partial charge is 0.250 e. The van der Waals surface area contributed by atoms with Crippen LogP contribution in [0, 0.1) is 0 Å². The van der Waals surface area contributed by atoms with E-state index in [0.29, 0.717) is 11.8 Å². The predicted molar refractivity (Wildman–Crippen MR) is 116 cm³/mol. The van der Waals surface area contributed by atoms with E-state index in [2.05, 4.69) is 37.2 Å². The first-order chi connectivity index (χ1) is 13.5. The number of benzene rings is 1. The summed E-state index contributed by atoms with van der Waals surface area (Å²) < 4.78 is -1.70. The van der Waals surface area contributed by atoms with Crippen molar-refractivity contribution in [2.24, 2.45) is 0 Å². The first kappa shape index (κ1) is 20.0. The van der Waals surface area contributed by atoms with Gasteiger partial charge < -0.3 is 15.1 Å². The molecule has 1 aromatic carbocycles. The van der Waals surface area contributed by atoms with Gasteiger partial charge in [-0.2, -0.15) is 9.97 Å². The van der Waals surface area contributed by atoms with Crippen LogP contribution in [0.2, 0.25) is 0 Å². The maximum absolute atomic E-state index is 6.11. The molecule has 6 nitrogen and oxygen atoms in total. The van der Waals surface area contributed by atoms with Gasteiger partial charge in [0.25, 0.3) is 0 Å². The van der Waals surface area contributed by atoms with E-state index in [1.807, 2.05) is 12.1 Å². The first-order valence-corrected chi connectivity index (χ1v) is 10.8. The molecule has 28 heavy (non-hydrogen) atoms. The molecule has 3 heterocycles. The van der Waals surface area contributed by atoms with Gasteiger partial charge in [0.15, 0.2) is 11.6 Å². The molecule has 2 fully saturated rings. The minimum absolute atomic E-state index is 0.151. The molecule has 0 radical (unpaired) electrons. The number of nitrogens with one attached hydrogen (secondary N) is 1. The molecule has 0 saturated carbocycles. The minimum Gasteiger partial charge on any atom is -0.372 e. The maximum atomic E-state index is 6.11. The second-order valence-electron chi connectivity index (χ2n) is 7.11. The number of rotatable bonds is 3. The van der Waals surface area contributed by atoms with Crippen molar-refractivity contribution in [2.75, 3.05) is 49.1 Å². The fraction of sp³-hybridized carbons (Fsp3) is 0.526. The van der Waals surface area contributed by atoms with Crippen LogP contribution < -0.4 is 15.1 Å².